The van der Waals surface area contributed by atoms with Gasteiger partial charge in [-0.05, 0) is 35.5 Å². The Bertz CT molecular complexity index is 337. The van der Waals surface area contributed by atoms with Crippen LogP contribution in [0.25, 0.3) is 0 Å². The van der Waals surface area contributed by atoms with Crippen LogP contribution in [0, 0.1) is 47.3 Å². The maximum absolute atomic E-state index is 11.8. The predicted octanol–water partition coefficient (Wildman–Crippen LogP) is 1.36. The molecular formula is C10H9IO. The molecule has 0 saturated heterocycles. The summed E-state index contributed by atoms with van der Waals surface area (Å²) in [5.74, 6) is 7.44. The molecule has 6 aliphatic carbocycles. The van der Waals surface area contributed by atoms with Crippen LogP contribution >= 0.6 is 22.6 Å². The van der Waals surface area contributed by atoms with Crippen molar-refractivity contribution in [3.63, 3.8) is 0 Å². The number of hydrogen-bond donors (Lipinski definition) is 0. The third-order valence-corrected chi connectivity index (χ3v) is 7.38. The summed E-state index contributed by atoms with van der Waals surface area (Å²) in [4.78, 5) is 11.8. The molecule has 6 rings (SSSR count). The highest BCUT2D eigenvalue weighted by atomic mass is 127. The van der Waals surface area contributed by atoms with Crippen molar-refractivity contribution in [3.8, 4) is 0 Å². The molecule has 0 unspecified atom stereocenters. The first-order valence-electron chi connectivity index (χ1n) is 5.00. The van der Waals surface area contributed by atoms with Crippen molar-refractivity contribution in [2.75, 3.05) is 0 Å². The molecule has 62 valence electrons. The molecule has 2 heteroatoms. The molecule has 0 amide bonds. The standard InChI is InChI=1S/C10H9IO/c11-9-5-1-2-4(5)8-6(9)3(1)7(2)10(8)12/h1-9H/t1-,2-,3-,4-,5-,6-,7-,8+,9+/m1/s1. The minimum atomic E-state index is 0.571. The molecule has 0 aromatic heterocycles. The molecule has 0 spiro atoms. The lowest BCUT2D eigenvalue weighted by Crippen LogP contribution is -2.61. The number of carbonyl (C=O) groups excluding carboxylic acids is 1. The fourth-order valence-corrected chi connectivity index (χ4v) is 7.65. The van der Waals surface area contributed by atoms with Gasteiger partial charge in [0.1, 0.15) is 5.78 Å². The molecule has 0 aliphatic heterocycles. The van der Waals surface area contributed by atoms with Gasteiger partial charge in [0.2, 0.25) is 0 Å². The summed E-state index contributed by atoms with van der Waals surface area (Å²) in [6.45, 7) is 0. The topological polar surface area (TPSA) is 17.1 Å². The Balaban J connectivity index is 1.88. The van der Waals surface area contributed by atoms with E-state index in [0.717, 1.165) is 39.4 Å². The maximum atomic E-state index is 11.8. The van der Waals surface area contributed by atoms with Crippen LogP contribution in [0.4, 0.5) is 0 Å². The molecule has 9 atom stereocenters. The van der Waals surface area contributed by atoms with Gasteiger partial charge in [0, 0.05) is 15.8 Å². The smallest absolute Gasteiger partial charge is 0.140 e. The number of Topliss-reactive ketones (excluding diaryl/α,β-unsaturated/α-hetero) is 1. The average molecular weight is 272 g/mol. The highest BCUT2D eigenvalue weighted by Crippen LogP contribution is 2.88. The largest absolute Gasteiger partial charge is 0.299 e. The van der Waals surface area contributed by atoms with Crippen LogP contribution in [0.15, 0.2) is 0 Å². The minimum absolute atomic E-state index is 0.571. The van der Waals surface area contributed by atoms with E-state index in [-0.39, 0.29) is 0 Å². The van der Waals surface area contributed by atoms with Gasteiger partial charge in [-0.3, -0.25) is 4.79 Å². The molecule has 0 aromatic rings. The lowest BCUT2D eigenvalue weighted by atomic mass is 9.41. The second-order valence-electron chi connectivity index (χ2n) is 5.36. The van der Waals surface area contributed by atoms with E-state index >= 15 is 0 Å². The Labute approximate surface area is 84.4 Å². The van der Waals surface area contributed by atoms with Crippen molar-refractivity contribution in [2.45, 2.75) is 3.92 Å². The van der Waals surface area contributed by atoms with E-state index in [1.165, 1.54) is 0 Å². The van der Waals surface area contributed by atoms with Crippen LogP contribution in [0.2, 0.25) is 0 Å². The van der Waals surface area contributed by atoms with Gasteiger partial charge < -0.3 is 0 Å². The average Bonchev–Trinajstić information content (AvgIpc) is 2.45. The van der Waals surface area contributed by atoms with Gasteiger partial charge in [-0.2, -0.15) is 0 Å². The first kappa shape index (κ1) is 5.99. The highest BCUT2D eigenvalue weighted by Gasteiger charge is 2.89. The number of halogens is 1. The molecule has 6 saturated carbocycles. The molecule has 0 N–H and O–H groups in total. The van der Waals surface area contributed by atoms with Gasteiger partial charge in [0.05, 0.1) is 0 Å². The molecule has 0 aromatic carbocycles. The number of rotatable bonds is 0. The van der Waals surface area contributed by atoms with Crippen molar-refractivity contribution in [2.24, 2.45) is 47.3 Å². The summed E-state index contributed by atoms with van der Waals surface area (Å²) in [5.41, 5.74) is 0. The Morgan fingerprint density at radius 1 is 0.833 bits per heavy atom. The third kappa shape index (κ3) is 0.289. The SMILES string of the molecule is O=C1[C@H]2[C@@H]3[C@@H]4[C@H]5[C@H](I)[C@H]3[C@@H]1[C@@H]5[C@H]24. The summed E-state index contributed by atoms with van der Waals surface area (Å²) < 4.78 is 0.889. The van der Waals surface area contributed by atoms with Crippen LogP contribution in [0.1, 0.15) is 0 Å². The van der Waals surface area contributed by atoms with Gasteiger partial charge >= 0.3 is 0 Å². The van der Waals surface area contributed by atoms with E-state index in [4.69, 9.17) is 0 Å². The van der Waals surface area contributed by atoms with E-state index in [2.05, 4.69) is 22.6 Å². The van der Waals surface area contributed by atoms with Crippen molar-refractivity contribution in [3.05, 3.63) is 0 Å². The molecule has 6 fully saturated rings. The Morgan fingerprint density at radius 2 is 1.42 bits per heavy atom. The lowest BCUT2D eigenvalue weighted by molar-refractivity contribution is -0.170. The van der Waals surface area contributed by atoms with Gasteiger partial charge in [-0.15, -0.1) is 0 Å². The molecule has 6 aliphatic rings. The van der Waals surface area contributed by atoms with Crippen LogP contribution in [-0.2, 0) is 4.79 Å². The number of carbonyl (C=O) groups is 1. The summed E-state index contributed by atoms with van der Waals surface area (Å²) in [5, 5.41) is 0. The van der Waals surface area contributed by atoms with E-state index in [0.29, 0.717) is 17.6 Å². The molecule has 0 heterocycles. The van der Waals surface area contributed by atoms with Crippen LogP contribution in [-0.4, -0.2) is 9.71 Å². The third-order valence-electron chi connectivity index (χ3n) is 5.72. The lowest BCUT2D eigenvalue weighted by Gasteiger charge is -2.62. The van der Waals surface area contributed by atoms with Gasteiger partial charge in [-0.25, -0.2) is 0 Å². The van der Waals surface area contributed by atoms with Gasteiger partial charge in [0.25, 0.3) is 0 Å². The highest BCUT2D eigenvalue weighted by molar-refractivity contribution is 14.1. The summed E-state index contributed by atoms with van der Waals surface area (Å²) in [6, 6.07) is 0. The normalized spacial score (nSPS) is 84.4. The zero-order valence-corrected chi connectivity index (χ0v) is 8.64. The first-order chi connectivity index (χ1) is 5.82. The first-order valence-corrected chi connectivity index (χ1v) is 6.25. The van der Waals surface area contributed by atoms with Gasteiger partial charge in [-0.1, -0.05) is 22.6 Å². The maximum Gasteiger partial charge on any atom is 0.140 e. The molecule has 4 bridgehead atoms. The zero-order valence-electron chi connectivity index (χ0n) is 6.48. The predicted molar refractivity (Wildman–Crippen MR) is 50.7 cm³/mol. The molecule has 1 nitrogen and oxygen atoms in total. The summed E-state index contributed by atoms with van der Waals surface area (Å²) in [7, 11) is 0. The zero-order chi connectivity index (χ0) is 7.77. The quantitative estimate of drug-likeness (QED) is 0.480. The Hall–Kier alpha value is 0.400. The summed E-state index contributed by atoms with van der Waals surface area (Å²) in [6.07, 6.45) is 0. The van der Waals surface area contributed by atoms with Crippen molar-refractivity contribution >= 4 is 28.4 Å². The monoisotopic (exact) mass is 272 g/mol. The van der Waals surface area contributed by atoms with E-state index in [9.17, 15) is 4.79 Å². The minimum Gasteiger partial charge on any atom is -0.299 e. The summed E-state index contributed by atoms with van der Waals surface area (Å²) >= 11 is 2.63. The Morgan fingerprint density at radius 3 is 2.00 bits per heavy atom. The van der Waals surface area contributed by atoms with Gasteiger partial charge in [0.15, 0.2) is 0 Å². The molecular weight excluding hydrogens is 263 g/mol. The van der Waals surface area contributed by atoms with Crippen LogP contribution in [0.3, 0.4) is 0 Å². The number of hydrogen-bond acceptors (Lipinski definition) is 1. The second-order valence-corrected chi connectivity index (χ2v) is 6.80. The van der Waals surface area contributed by atoms with Crippen LogP contribution in [0.5, 0.6) is 0 Å². The van der Waals surface area contributed by atoms with E-state index in [1.54, 1.807) is 0 Å². The van der Waals surface area contributed by atoms with Crippen LogP contribution < -0.4 is 0 Å². The Kier molecular flexibility index (Phi) is 0.666. The molecule has 12 heavy (non-hydrogen) atoms. The van der Waals surface area contributed by atoms with Crippen molar-refractivity contribution < 1.29 is 4.79 Å². The van der Waals surface area contributed by atoms with E-state index in [1.807, 2.05) is 0 Å². The van der Waals surface area contributed by atoms with Crippen molar-refractivity contribution in [1.29, 1.82) is 0 Å². The second kappa shape index (κ2) is 1.33. The molecule has 0 radical (unpaired) electrons. The fourth-order valence-electron chi connectivity index (χ4n) is 5.77. The van der Waals surface area contributed by atoms with Crippen molar-refractivity contribution in [1.82, 2.24) is 0 Å². The fraction of sp³-hybridized carbons (Fsp3) is 0.900. The number of ketones is 1. The number of alkyl halides is 1. The van der Waals surface area contributed by atoms with E-state index < -0.39 is 0 Å².